The predicted octanol–water partition coefficient (Wildman–Crippen LogP) is 0.256. The Morgan fingerprint density at radius 3 is 2.27 bits per heavy atom. The second-order valence-electron chi connectivity index (χ2n) is 4.04. The molecule has 3 nitrogen and oxygen atoms in total. The van der Waals surface area contributed by atoms with Gasteiger partial charge >= 0.3 is 5.97 Å². The number of carbonyl (C=O) groups is 1. The summed E-state index contributed by atoms with van der Waals surface area (Å²) < 4.78 is 5.06. The van der Waals surface area contributed by atoms with Gasteiger partial charge < -0.3 is 9.64 Å². The van der Waals surface area contributed by atoms with Gasteiger partial charge in [0.1, 0.15) is 6.54 Å². The zero-order chi connectivity index (χ0) is 11.9. The van der Waals surface area contributed by atoms with Crippen molar-refractivity contribution in [2.45, 2.75) is 40.2 Å². The van der Waals surface area contributed by atoms with E-state index >= 15 is 0 Å². The van der Waals surface area contributed by atoms with E-state index in [1.165, 1.54) is 11.8 Å². The molecule has 0 aliphatic carbocycles. The van der Waals surface area contributed by atoms with E-state index in [4.69, 9.17) is 4.74 Å². The number of rotatable bonds is 4. The van der Waals surface area contributed by atoms with Gasteiger partial charge in [-0.2, -0.15) is 0 Å². The number of quaternary nitrogens is 1. The SMILES string of the molecule is CC[NH+](CC)CC#CC(C)(C)OC(C)=O. The van der Waals surface area contributed by atoms with Crippen LogP contribution in [0.25, 0.3) is 0 Å². The second kappa shape index (κ2) is 6.47. The van der Waals surface area contributed by atoms with Crippen LogP contribution >= 0.6 is 0 Å². The fourth-order valence-electron chi connectivity index (χ4n) is 1.27. The minimum Gasteiger partial charge on any atom is -0.447 e. The van der Waals surface area contributed by atoms with E-state index in [1.54, 1.807) is 13.8 Å². The summed E-state index contributed by atoms with van der Waals surface area (Å²) in [5, 5.41) is 0. The molecule has 0 aliphatic rings. The monoisotopic (exact) mass is 212 g/mol. The van der Waals surface area contributed by atoms with E-state index in [1.807, 2.05) is 0 Å². The molecule has 86 valence electrons. The zero-order valence-corrected chi connectivity index (χ0v) is 10.4. The van der Waals surface area contributed by atoms with Crippen LogP contribution in [0.5, 0.6) is 0 Å². The average molecular weight is 212 g/mol. The highest BCUT2D eigenvalue weighted by molar-refractivity contribution is 5.66. The Hall–Kier alpha value is -1.01. The summed E-state index contributed by atoms with van der Waals surface area (Å²) in [7, 11) is 0. The lowest BCUT2D eigenvalue weighted by molar-refractivity contribution is -0.889. The number of esters is 1. The molecule has 0 aliphatic heterocycles. The number of nitrogens with one attached hydrogen (secondary N) is 1. The quantitative estimate of drug-likeness (QED) is 0.535. The summed E-state index contributed by atoms with van der Waals surface area (Å²) in [6, 6.07) is 0. The molecular formula is C12H22NO2+. The van der Waals surface area contributed by atoms with Crippen molar-refractivity contribution < 1.29 is 14.4 Å². The van der Waals surface area contributed by atoms with Gasteiger partial charge in [0.2, 0.25) is 0 Å². The Kier molecular flexibility index (Phi) is 6.03. The Bertz CT molecular complexity index is 257. The van der Waals surface area contributed by atoms with Crippen molar-refractivity contribution in [2.75, 3.05) is 19.6 Å². The van der Waals surface area contributed by atoms with Crippen LogP contribution in [0.4, 0.5) is 0 Å². The highest BCUT2D eigenvalue weighted by Gasteiger charge is 2.17. The van der Waals surface area contributed by atoms with E-state index in [2.05, 4.69) is 25.7 Å². The van der Waals surface area contributed by atoms with Crippen LogP contribution in [-0.2, 0) is 9.53 Å². The van der Waals surface area contributed by atoms with Gasteiger partial charge in [0.15, 0.2) is 5.60 Å². The molecule has 0 unspecified atom stereocenters. The van der Waals surface area contributed by atoms with Crippen LogP contribution in [0.15, 0.2) is 0 Å². The third kappa shape index (κ3) is 6.98. The van der Waals surface area contributed by atoms with Gasteiger partial charge in [0, 0.05) is 6.92 Å². The molecule has 0 spiro atoms. The van der Waals surface area contributed by atoms with Crippen molar-refractivity contribution >= 4 is 5.97 Å². The van der Waals surface area contributed by atoms with Crippen LogP contribution in [-0.4, -0.2) is 31.2 Å². The topological polar surface area (TPSA) is 30.7 Å². The molecule has 0 atom stereocenters. The molecule has 0 heterocycles. The maximum atomic E-state index is 10.8. The van der Waals surface area contributed by atoms with E-state index in [-0.39, 0.29) is 5.97 Å². The first-order valence-corrected chi connectivity index (χ1v) is 5.44. The Balaban J connectivity index is 4.19. The molecule has 0 fully saturated rings. The van der Waals surface area contributed by atoms with Crippen LogP contribution < -0.4 is 4.90 Å². The summed E-state index contributed by atoms with van der Waals surface area (Å²) in [5.41, 5.74) is -0.668. The smallest absolute Gasteiger partial charge is 0.304 e. The lowest BCUT2D eigenvalue weighted by Gasteiger charge is -2.17. The number of ether oxygens (including phenoxy) is 1. The van der Waals surface area contributed by atoms with Gasteiger partial charge in [0.05, 0.1) is 13.1 Å². The summed E-state index contributed by atoms with van der Waals surface area (Å²) >= 11 is 0. The number of carbonyl (C=O) groups excluding carboxylic acids is 1. The lowest BCUT2D eigenvalue weighted by atomic mass is 10.1. The summed E-state index contributed by atoms with van der Waals surface area (Å²) in [4.78, 5) is 12.2. The molecule has 0 amide bonds. The van der Waals surface area contributed by atoms with Gasteiger partial charge in [-0.05, 0) is 33.6 Å². The van der Waals surface area contributed by atoms with Gasteiger partial charge in [0.25, 0.3) is 0 Å². The fraction of sp³-hybridized carbons (Fsp3) is 0.750. The van der Waals surface area contributed by atoms with Gasteiger partial charge in [-0.3, -0.25) is 4.79 Å². The summed E-state index contributed by atoms with van der Waals surface area (Å²) in [5.74, 6) is 5.76. The molecule has 15 heavy (non-hydrogen) atoms. The van der Waals surface area contributed by atoms with Crippen molar-refractivity contribution in [3.05, 3.63) is 0 Å². The van der Waals surface area contributed by atoms with Crippen LogP contribution in [0.2, 0.25) is 0 Å². The maximum absolute atomic E-state index is 10.8. The summed E-state index contributed by atoms with van der Waals surface area (Å²) in [6.07, 6.45) is 0. The highest BCUT2D eigenvalue weighted by Crippen LogP contribution is 2.06. The third-order valence-electron chi connectivity index (χ3n) is 2.13. The maximum Gasteiger partial charge on any atom is 0.304 e. The molecule has 3 heteroatoms. The first-order chi connectivity index (χ1) is 6.91. The molecule has 0 aromatic rings. The van der Waals surface area contributed by atoms with Crippen molar-refractivity contribution in [1.82, 2.24) is 0 Å². The second-order valence-corrected chi connectivity index (χ2v) is 4.04. The molecule has 0 saturated carbocycles. The van der Waals surface area contributed by atoms with Crippen molar-refractivity contribution in [1.29, 1.82) is 0 Å². The molecule has 1 N–H and O–H groups in total. The molecule has 0 aromatic carbocycles. The zero-order valence-electron chi connectivity index (χ0n) is 10.4. The van der Waals surface area contributed by atoms with E-state index in [9.17, 15) is 4.79 Å². The molecule has 0 bridgehead atoms. The lowest BCUT2D eigenvalue weighted by Crippen LogP contribution is -3.11. The van der Waals surface area contributed by atoms with Crippen molar-refractivity contribution in [3.63, 3.8) is 0 Å². The minimum absolute atomic E-state index is 0.288. The highest BCUT2D eigenvalue weighted by atomic mass is 16.6. The van der Waals surface area contributed by atoms with Crippen molar-refractivity contribution in [2.24, 2.45) is 0 Å². The van der Waals surface area contributed by atoms with Crippen LogP contribution in [0, 0.1) is 11.8 Å². The average Bonchev–Trinajstić information content (AvgIpc) is 2.10. The first-order valence-electron chi connectivity index (χ1n) is 5.44. The van der Waals surface area contributed by atoms with E-state index < -0.39 is 5.60 Å². The number of hydrogen-bond acceptors (Lipinski definition) is 2. The standard InChI is InChI=1S/C12H21NO2/c1-6-13(7-2)10-8-9-12(4,5)15-11(3)14/h6-7,10H2,1-5H3/p+1. The normalized spacial score (nSPS) is 10.8. The van der Waals surface area contributed by atoms with Gasteiger partial charge in [-0.15, -0.1) is 0 Å². The molecule has 0 radical (unpaired) electrons. The van der Waals surface area contributed by atoms with Gasteiger partial charge in [-0.25, -0.2) is 0 Å². The molecule has 0 rings (SSSR count). The first kappa shape index (κ1) is 14.0. The van der Waals surface area contributed by atoms with Crippen LogP contribution in [0.3, 0.4) is 0 Å². The largest absolute Gasteiger partial charge is 0.447 e. The molecular weight excluding hydrogens is 190 g/mol. The molecule has 0 saturated heterocycles. The third-order valence-corrected chi connectivity index (χ3v) is 2.13. The minimum atomic E-state index is -0.668. The predicted molar refractivity (Wildman–Crippen MR) is 60.5 cm³/mol. The summed E-state index contributed by atoms with van der Waals surface area (Å²) in [6.45, 7) is 12.2. The van der Waals surface area contributed by atoms with Gasteiger partial charge in [-0.1, -0.05) is 5.92 Å². The molecule has 0 aromatic heterocycles. The fourth-order valence-corrected chi connectivity index (χ4v) is 1.27. The Morgan fingerprint density at radius 1 is 1.33 bits per heavy atom. The van der Waals surface area contributed by atoms with E-state index in [0.717, 1.165) is 19.6 Å². The Morgan fingerprint density at radius 2 is 1.87 bits per heavy atom. The van der Waals surface area contributed by atoms with Crippen LogP contribution in [0.1, 0.15) is 34.6 Å². The van der Waals surface area contributed by atoms with Crippen molar-refractivity contribution in [3.8, 4) is 11.8 Å². The number of hydrogen-bond donors (Lipinski definition) is 1. The Labute approximate surface area is 92.8 Å². The van der Waals surface area contributed by atoms with E-state index in [0.29, 0.717) is 0 Å².